The molecule has 5 heteroatoms. The Kier molecular flexibility index (Phi) is 5.62. The molecule has 1 saturated carbocycles. The van der Waals surface area contributed by atoms with Crippen LogP contribution in [0.15, 0.2) is 24.3 Å². The Hall–Kier alpha value is -1.20. The molecule has 1 aliphatic heterocycles. The van der Waals surface area contributed by atoms with E-state index in [4.69, 9.17) is 4.74 Å². The molecule has 0 radical (unpaired) electrons. The highest BCUT2D eigenvalue weighted by atomic mass is 32.2. The summed E-state index contributed by atoms with van der Waals surface area (Å²) in [4.78, 5) is 12.1. The van der Waals surface area contributed by atoms with E-state index in [2.05, 4.69) is 10.6 Å². The van der Waals surface area contributed by atoms with Crippen molar-refractivity contribution in [2.24, 2.45) is 0 Å². The zero-order valence-electron chi connectivity index (χ0n) is 12.8. The van der Waals surface area contributed by atoms with Crippen LogP contribution in [0, 0.1) is 0 Å². The number of rotatable bonds is 6. The minimum Gasteiger partial charge on any atom is -0.490 e. The number of amides is 1. The third kappa shape index (κ3) is 4.40. The van der Waals surface area contributed by atoms with Crippen LogP contribution in [-0.2, 0) is 11.3 Å². The van der Waals surface area contributed by atoms with Gasteiger partial charge in [-0.1, -0.05) is 18.2 Å². The van der Waals surface area contributed by atoms with E-state index in [0.717, 1.165) is 42.2 Å². The first kappa shape index (κ1) is 15.7. The van der Waals surface area contributed by atoms with Crippen molar-refractivity contribution in [3.8, 4) is 5.75 Å². The molecule has 22 heavy (non-hydrogen) atoms. The number of hydrogen-bond acceptors (Lipinski definition) is 4. The molecule has 1 amide bonds. The fraction of sp³-hybridized carbons (Fsp3) is 0.588. The first-order chi connectivity index (χ1) is 10.8. The molecule has 0 spiro atoms. The number of carbonyl (C=O) groups excluding carboxylic acids is 1. The summed E-state index contributed by atoms with van der Waals surface area (Å²) < 4.78 is 6.00. The maximum atomic E-state index is 12.1. The summed E-state index contributed by atoms with van der Waals surface area (Å²) in [6, 6.07) is 8.32. The van der Waals surface area contributed by atoms with Gasteiger partial charge in [0, 0.05) is 42.6 Å². The van der Waals surface area contributed by atoms with Gasteiger partial charge in [-0.15, -0.1) is 0 Å². The second-order valence-electron chi connectivity index (χ2n) is 5.99. The van der Waals surface area contributed by atoms with Crippen LogP contribution in [0.3, 0.4) is 0 Å². The van der Waals surface area contributed by atoms with Gasteiger partial charge in [0.25, 0.3) is 0 Å². The van der Waals surface area contributed by atoms with Gasteiger partial charge in [0.05, 0.1) is 6.10 Å². The molecule has 3 rings (SSSR count). The Balaban J connectivity index is 1.48. The summed E-state index contributed by atoms with van der Waals surface area (Å²) >= 11 is 1.92. The van der Waals surface area contributed by atoms with Crippen molar-refractivity contribution in [2.75, 3.05) is 18.1 Å². The van der Waals surface area contributed by atoms with Gasteiger partial charge in [-0.25, -0.2) is 0 Å². The number of para-hydroxylation sites is 1. The average Bonchev–Trinajstić information content (AvgIpc) is 2.51. The zero-order valence-corrected chi connectivity index (χ0v) is 13.7. The average molecular weight is 320 g/mol. The quantitative estimate of drug-likeness (QED) is 0.845. The molecule has 120 valence electrons. The Morgan fingerprint density at radius 2 is 2.23 bits per heavy atom. The fourth-order valence-electron chi connectivity index (χ4n) is 2.67. The highest BCUT2D eigenvalue weighted by molar-refractivity contribution is 7.99. The maximum Gasteiger partial charge on any atom is 0.221 e. The minimum absolute atomic E-state index is 0.110. The predicted molar refractivity (Wildman–Crippen MR) is 90.3 cm³/mol. The molecule has 1 unspecified atom stereocenters. The molecular formula is C17H24N2O2S. The van der Waals surface area contributed by atoms with E-state index in [1.807, 2.05) is 36.0 Å². The molecule has 1 aliphatic carbocycles. The normalized spacial score (nSPS) is 21.9. The van der Waals surface area contributed by atoms with Crippen molar-refractivity contribution >= 4 is 17.7 Å². The predicted octanol–water partition coefficient (Wildman–Crippen LogP) is 2.33. The summed E-state index contributed by atoms with van der Waals surface area (Å²) in [5.41, 5.74) is 1.06. The van der Waals surface area contributed by atoms with E-state index >= 15 is 0 Å². The minimum atomic E-state index is 0.110. The number of carbonyl (C=O) groups is 1. The van der Waals surface area contributed by atoms with Crippen LogP contribution in [0.25, 0.3) is 0 Å². The molecule has 2 fully saturated rings. The number of benzene rings is 1. The lowest BCUT2D eigenvalue weighted by Gasteiger charge is -2.27. The Bertz CT molecular complexity index is 499. The largest absolute Gasteiger partial charge is 0.490 e. The molecule has 1 atom stereocenters. The summed E-state index contributed by atoms with van der Waals surface area (Å²) in [5.74, 6) is 3.19. The molecule has 2 N–H and O–H groups in total. The maximum absolute atomic E-state index is 12.1. The second-order valence-corrected chi connectivity index (χ2v) is 7.14. The van der Waals surface area contributed by atoms with Crippen molar-refractivity contribution in [1.82, 2.24) is 10.6 Å². The summed E-state index contributed by atoms with van der Waals surface area (Å²) in [6.45, 7) is 1.54. The van der Waals surface area contributed by atoms with Crippen molar-refractivity contribution in [1.29, 1.82) is 0 Å². The standard InChI is InChI=1S/C17H24N2O2S/c20-17(10-14-12-22-9-8-18-14)19-11-13-4-1-2-7-16(13)21-15-5-3-6-15/h1-2,4,7,14-15,18H,3,5-6,8-12H2,(H,19,20). The van der Waals surface area contributed by atoms with Gasteiger partial charge in [-0.2, -0.15) is 11.8 Å². The third-order valence-electron chi connectivity index (χ3n) is 4.22. The van der Waals surface area contributed by atoms with Crippen LogP contribution in [0.1, 0.15) is 31.2 Å². The van der Waals surface area contributed by atoms with Crippen LogP contribution in [-0.4, -0.2) is 36.1 Å². The van der Waals surface area contributed by atoms with E-state index in [1.54, 1.807) is 0 Å². The molecule has 1 saturated heterocycles. The van der Waals surface area contributed by atoms with Gasteiger partial charge in [-0.05, 0) is 25.3 Å². The molecular weight excluding hydrogens is 296 g/mol. The van der Waals surface area contributed by atoms with Gasteiger partial charge in [0.15, 0.2) is 0 Å². The van der Waals surface area contributed by atoms with E-state index in [-0.39, 0.29) is 5.91 Å². The van der Waals surface area contributed by atoms with Crippen molar-refractivity contribution in [3.05, 3.63) is 29.8 Å². The highest BCUT2D eigenvalue weighted by Crippen LogP contribution is 2.27. The lowest BCUT2D eigenvalue weighted by Crippen LogP contribution is -2.41. The van der Waals surface area contributed by atoms with E-state index in [0.29, 0.717) is 25.1 Å². The SMILES string of the molecule is O=C(CC1CSCCN1)NCc1ccccc1OC1CCC1. The monoisotopic (exact) mass is 320 g/mol. The highest BCUT2D eigenvalue weighted by Gasteiger charge is 2.20. The molecule has 2 aliphatic rings. The lowest BCUT2D eigenvalue weighted by molar-refractivity contribution is -0.121. The Morgan fingerprint density at radius 3 is 2.95 bits per heavy atom. The molecule has 1 aromatic rings. The Morgan fingerprint density at radius 1 is 1.36 bits per heavy atom. The molecule has 1 heterocycles. The summed E-state index contributed by atoms with van der Waals surface area (Å²) in [6.07, 6.45) is 4.46. The number of hydrogen-bond donors (Lipinski definition) is 2. The zero-order chi connectivity index (χ0) is 15.2. The van der Waals surface area contributed by atoms with Crippen molar-refractivity contribution in [3.63, 3.8) is 0 Å². The van der Waals surface area contributed by atoms with E-state index in [9.17, 15) is 4.79 Å². The van der Waals surface area contributed by atoms with Crippen molar-refractivity contribution in [2.45, 2.75) is 44.4 Å². The summed E-state index contributed by atoms with van der Waals surface area (Å²) in [5, 5.41) is 6.42. The van der Waals surface area contributed by atoms with Crippen LogP contribution >= 0.6 is 11.8 Å². The van der Waals surface area contributed by atoms with Crippen LogP contribution in [0.4, 0.5) is 0 Å². The fourth-order valence-corrected chi connectivity index (χ4v) is 3.62. The number of ether oxygens (including phenoxy) is 1. The molecule has 4 nitrogen and oxygen atoms in total. The molecule has 0 bridgehead atoms. The number of thioether (sulfide) groups is 1. The summed E-state index contributed by atoms with van der Waals surface area (Å²) in [7, 11) is 0. The van der Waals surface area contributed by atoms with E-state index in [1.165, 1.54) is 6.42 Å². The van der Waals surface area contributed by atoms with Crippen molar-refractivity contribution < 1.29 is 9.53 Å². The van der Waals surface area contributed by atoms with Crippen LogP contribution in [0.5, 0.6) is 5.75 Å². The molecule has 1 aromatic carbocycles. The topological polar surface area (TPSA) is 50.4 Å². The third-order valence-corrected chi connectivity index (χ3v) is 5.36. The van der Waals surface area contributed by atoms with Crippen LogP contribution < -0.4 is 15.4 Å². The molecule has 0 aromatic heterocycles. The van der Waals surface area contributed by atoms with Crippen LogP contribution in [0.2, 0.25) is 0 Å². The second kappa shape index (κ2) is 7.88. The lowest BCUT2D eigenvalue weighted by atomic mass is 9.96. The van der Waals surface area contributed by atoms with Gasteiger partial charge in [-0.3, -0.25) is 4.79 Å². The van der Waals surface area contributed by atoms with Gasteiger partial charge in [0.2, 0.25) is 5.91 Å². The number of nitrogens with one attached hydrogen (secondary N) is 2. The van der Waals surface area contributed by atoms with E-state index < -0.39 is 0 Å². The Labute approximate surface area is 136 Å². The van der Waals surface area contributed by atoms with Gasteiger partial charge < -0.3 is 15.4 Å². The first-order valence-corrected chi connectivity index (χ1v) is 9.29. The van der Waals surface area contributed by atoms with Gasteiger partial charge >= 0.3 is 0 Å². The van der Waals surface area contributed by atoms with Gasteiger partial charge in [0.1, 0.15) is 5.75 Å². The smallest absolute Gasteiger partial charge is 0.221 e. The first-order valence-electron chi connectivity index (χ1n) is 8.13.